The molecule has 2 rings (SSSR count). The Hall–Kier alpha value is -0.210. The fourth-order valence-electron chi connectivity index (χ4n) is 2.23. The van der Waals surface area contributed by atoms with Gasteiger partial charge in [-0.3, -0.25) is 0 Å². The van der Waals surface area contributed by atoms with Crippen LogP contribution in [0.1, 0.15) is 6.42 Å². The molecular formula is C10H22N4O2S. The van der Waals surface area contributed by atoms with Gasteiger partial charge in [0.05, 0.1) is 0 Å². The van der Waals surface area contributed by atoms with Crippen LogP contribution in [-0.4, -0.2) is 81.3 Å². The molecule has 2 saturated heterocycles. The van der Waals surface area contributed by atoms with Crippen LogP contribution in [0.2, 0.25) is 0 Å². The zero-order valence-electron chi connectivity index (χ0n) is 10.4. The van der Waals surface area contributed by atoms with Crippen molar-refractivity contribution in [2.75, 3.05) is 59.4 Å². The first-order valence-electron chi connectivity index (χ1n) is 6.25. The molecule has 2 aliphatic heterocycles. The van der Waals surface area contributed by atoms with Gasteiger partial charge in [0, 0.05) is 45.8 Å². The number of piperazine rings is 1. The van der Waals surface area contributed by atoms with Crippen LogP contribution < -0.4 is 5.32 Å². The molecule has 2 heterocycles. The number of hydrogen-bond donors (Lipinski definition) is 1. The fraction of sp³-hybridized carbons (Fsp3) is 1.00. The third kappa shape index (κ3) is 3.17. The summed E-state index contributed by atoms with van der Waals surface area (Å²) in [4.78, 5) is 2.16. The predicted molar refractivity (Wildman–Crippen MR) is 67.0 cm³/mol. The summed E-state index contributed by atoms with van der Waals surface area (Å²) in [6.45, 7) is 5.78. The van der Waals surface area contributed by atoms with Gasteiger partial charge in [-0.25, -0.2) is 0 Å². The van der Waals surface area contributed by atoms with Crippen molar-refractivity contribution < 1.29 is 8.42 Å². The van der Waals surface area contributed by atoms with Crippen LogP contribution in [0.15, 0.2) is 0 Å². The summed E-state index contributed by atoms with van der Waals surface area (Å²) in [6.07, 6.45) is 0.896. The van der Waals surface area contributed by atoms with Gasteiger partial charge in [-0.15, -0.1) is 0 Å². The minimum absolute atomic E-state index is 0.592. The quantitative estimate of drug-likeness (QED) is 0.677. The number of rotatable bonds is 2. The maximum absolute atomic E-state index is 12.4. The van der Waals surface area contributed by atoms with Crippen molar-refractivity contribution in [2.45, 2.75) is 6.42 Å². The molecule has 0 bridgehead atoms. The maximum atomic E-state index is 12.4. The third-order valence-electron chi connectivity index (χ3n) is 3.41. The Morgan fingerprint density at radius 2 is 1.53 bits per heavy atom. The summed E-state index contributed by atoms with van der Waals surface area (Å²) in [7, 11) is -1.20. The molecule has 17 heavy (non-hydrogen) atoms. The van der Waals surface area contributed by atoms with E-state index in [2.05, 4.69) is 10.2 Å². The second-order valence-electron chi connectivity index (χ2n) is 4.71. The van der Waals surface area contributed by atoms with Gasteiger partial charge in [0.25, 0.3) is 10.2 Å². The lowest BCUT2D eigenvalue weighted by molar-refractivity contribution is 0.212. The SMILES string of the molecule is CN1CCN(S(=O)(=O)N2CCCNCC2)CC1. The van der Waals surface area contributed by atoms with Crippen LogP contribution >= 0.6 is 0 Å². The summed E-state index contributed by atoms with van der Waals surface area (Å²) in [5.74, 6) is 0. The van der Waals surface area contributed by atoms with E-state index in [0.717, 1.165) is 32.6 Å². The van der Waals surface area contributed by atoms with Crippen molar-refractivity contribution in [2.24, 2.45) is 0 Å². The molecule has 0 radical (unpaired) electrons. The average molecular weight is 262 g/mol. The summed E-state index contributed by atoms with van der Waals surface area (Å²) in [6, 6.07) is 0. The molecule has 0 aromatic carbocycles. The highest BCUT2D eigenvalue weighted by molar-refractivity contribution is 7.86. The summed E-state index contributed by atoms with van der Waals surface area (Å²) in [5, 5.41) is 3.23. The smallest absolute Gasteiger partial charge is 0.282 e. The molecule has 6 nitrogen and oxygen atoms in total. The van der Waals surface area contributed by atoms with E-state index in [1.54, 1.807) is 8.61 Å². The lowest BCUT2D eigenvalue weighted by Crippen LogP contribution is -2.52. The van der Waals surface area contributed by atoms with E-state index in [-0.39, 0.29) is 0 Å². The van der Waals surface area contributed by atoms with Crippen LogP contribution in [0.4, 0.5) is 0 Å². The van der Waals surface area contributed by atoms with E-state index in [0.29, 0.717) is 26.2 Å². The molecule has 0 saturated carbocycles. The Bertz CT molecular complexity index is 330. The van der Waals surface area contributed by atoms with Crippen LogP contribution in [0, 0.1) is 0 Å². The van der Waals surface area contributed by atoms with E-state index >= 15 is 0 Å². The first-order valence-corrected chi connectivity index (χ1v) is 7.65. The predicted octanol–water partition coefficient (Wildman–Crippen LogP) is -1.23. The number of hydrogen-bond acceptors (Lipinski definition) is 4. The molecule has 0 aromatic heterocycles. The summed E-state index contributed by atoms with van der Waals surface area (Å²) >= 11 is 0. The molecule has 1 N–H and O–H groups in total. The molecule has 0 spiro atoms. The van der Waals surface area contributed by atoms with Gasteiger partial charge in [-0.1, -0.05) is 0 Å². The Kier molecular flexibility index (Phi) is 4.37. The third-order valence-corrected chi connectivity index (χ3v) is 5.45. The Labute approximate surface area is 104 Å². The van der Waals surface area contributed by atoms with Gasteiger partial charge in [0.1, 0.15) is 0 Å². The summed E-state index contributed by atoms with van der Waals surface area (Å²) in [5.41, 5.74) is 0. The molecular weight excluding hydrogens is 240 g/mol. The zero-order valence-corrected chi connectivity index (χ0v) is 11.2. The topological polar surface area (TPSA) is 55.9 Å². The highest BCUT2D eigenvalue weighted by atomic mass is 32.2. The van der Waals surface area contributed by atoms with Crippen molar-refractivity contribution in [3.8, 4) is 0 Å². The zero-order chi connectivity index (χ0) is 12.3. The van der Waals surface area contributed by atoms with E-state index in [9.17, 15) is 8.42 Å². The maximum Gasteiger partial charge on any atom is 0.282 e. The first-order chi connectivity index (χ1) is 8.10. The standard InChI is InChI=1S/C10H22N4O2S/c1-12-7-9-14(10-8-12)17(15,16)13-5-2-3-11-4-6-13/h11H,2-10H2,1H3. The number of nitrogens with one attached hydrogen (secondary N) is 1. The largest absolute Gasteiger partial charge is 0.315 e. The fourth-order valence-corrected chi connectivity index (χ4v) is 3.87. The van der Waals surface area contributed by atoms with Crippen LogP contribution in [0.5, 0.6) is 0 Å². The Morgan fingerprint density at radius 3 is 2.24 bits per heavy atom. The van der Waals surface area contributed by atoms with Gasteiger partial charge < -0.3 is 10.2 Å². The molecule has 0 atom stereocenters. The van der Waals surface area contributed by atoms with Crippen LogP contribution in [-0.2, 0) is 10.2 Å². The normalized spacial score (nSPS) is 26.9. The van der Waals surface area contributed by atoms with Crippen LogP contribution in [0.3, 0.4) is 0 Å². The molecule has 0 amide bonds. The second-order valence-corrected chi connectivity index (χ2v) is 6.64. The molecule has 0 unspecified atom stereocenters. The molecule has 0 aliphatic carbocycles. The van der Waals surface area contributed by atoms with Gasteiger partial charge in [0.15, 0.2) is 0 Å². The first kappa shape index (κ1) is 13.2. The lowest BCUT2D eigenvalue weighted by atomic mass is 10.4. The minimum Gasteiger partial charge on any atom is -0.315 e. The van der Waals surface area contributed by atoms with E-state index in [1.807, 2.05) is 7.05 Å². The van der Waals surface area contributed by atoms with Crippen molar-refractivity contribution >= 4 is 10.2 Å². The number of nitrogens with zero attached hydrogens (tertiary/aromatic N) is 3. The Balaban J connectivity index is 2.01. The molecule has 100 valence electrons. The minimum atomic E-state index is -3.23. The Morgan fingerprint density at radius 1 is 0.882 bits per heavy atom. The summed E-state index contributed by atoms with van der Waals surface area (Å²) < 4.78 is 28.1. The van der Waals surface area contributed by atoms with Crippen molar-refractivity contribution in [1.82, 2.24) is 18.8 Å². The van der Waals surface area contributed by atoms with E-state index in [1.165, 1.54) is 0 Å². The van der Waals surface area contributed by atoms with Gasteiger partial charge >= 0.3 is 0 Å². The van der Waals surface area contributed by atoms with Gasteiger partial charge in [0.2, 0.25) is 0 Å². The number of likely N-dealkylation sites (N-methyl/N-ethyl adjacent to an activating group) is 1. The highest BCUT2D eigenvalue weighted by Crippen LogP contribution is 2.12. The molecule has 2 fully saturated rings. The molecule has 7 heteroatoms. The second kappa shape index (κ2) is 5.62. The van der Waals surface area contributed by atoms with Gasteiger partial charge in [-0.2, -0.15) is 17.0 Å². The lowest BCUT2D eigenvalue weighted by Gasteiger charge is -2.34. The molecule has 0 aromatic rings. The van der Waals surface area contributed by atoms with Crippen molar-refractivity contribution in [1.29, 1.82) is 0 Å². The van der Waals surface area contributed by atoms with Crippen LogP contribution in [0.25, 0.3) is 0 Å². The average Bonchev–Trinajstić information content (AvgIpc) is 2.58. The monoisotopic (exact) mass is 262 g/mol. The highest BCUT2D eigenvalue weighted by Gasteiger charge is 2.31. The van der Waals surface area contributed by atoms with Gasteiger partial charge in [-0.05, 0) is 20.0 Å². The van der Waals surface area contributed by atoms with E-state index in [4.69, 9.17) is 0 Å². The molecule has 2 aliphatic rings. The van der Waals surface area contributed by atoms with Crippen molar-refractivity contribution in [3.05, 3.63) is 0 Å². The van der Waals surface area contributed by atoms with E-state index < -0.39 is 10.2 Å². The van der Waals surface area contributed by atoms with Crippen molar-refractivity contribution in [3.63, 3.8) is 0 Å².